The number of carbonyl (C=O) groups is 1. The first-order valence-electron chi connectivity index (χ1n) is 6.61. The van der Waals surface area contributed by atoms with Crippen LogP contribution in [0.15, 0.2) is 24.3 Å². The molecule has 1 heterocycles. The SMILES string of the molecule is CC(C)C[C@H]1CCN(C(=O)c2ccccc2I)C1. The highest BCUT2D eigenvalue weighted by Crippen LogP contribution is 2.25. The van der Waals surface area contributed by atoms with Gasteiger partial charge in [0.2, 0.25) is 0 Å². The van der Waals surface area contributed by atoms with Gasteiger partial charge in [0.1, 0.15) is 0 Å². The molecule has 1 aromatic carbocycles. The van der Waals surface area contributed by atoms with Crippen molar-refractivity contribution in [3.05, 3.63) is 33.4 Å². The van der Waals surface area contributed by atoms with Gasteiger partial charge in [-0.2, -0.15) is 0 Å². The summed E-state index contributed by atoms with van der Waals surface area (Å²) in [5, 5.41) is 0. The maximum Gasteiger partial charge on any atom is 0.254 e. The van der Waals surface area contributed by atoms with Crippen molar-refractivity contribution < 1.29 is 4.79 Å². The zero-order valence-electron chi connectivity index (χ0n) is 11.0. The molecule has 2 rings (SSSR count). The highest BCUT2D eigenvalue weighted by Gasteiger charge is 2.27. The van der Waals surface area contributed by atoms with E-state index in [0.717, 1.165) is 34.6 Å². The first kappa shape index (κ1) is 13.8. The first-order valence-corrected chi connectivity index (χ1v) is 7.69. The number of benzene rings is 1. The van der Waals surface area contributed by atoms with Gasteiger partial charge in [0.15, 0.2) is 0 Å². The second kappa shape index (κ2) is 6.04. The van der Waals surface area contributed by atoms with Crippen LogP contribution < -0.4 is 0 Å². The smallest absolute Gasteiger partial charge is 0.254 e. The average Bonchev–Trinajstić information content (AvgIpc) is 2.76. The number of hydrogen-bond donors (Lipinski definition) is 0. The summed E-state index contributed by atoms with van der Waals surface area (Å²) in [5.74, 6) is 1.61. The maximum absolute atomic E-state index is 12.4. The van der Waals surface area contributed by atoms with Gasteiger partial charge in [-0.15, -0.1) is 0 Å². The van der Waals surface area contributed by atoms with Crippen molar-refractivity contribution in [2.45, 2.75) is 26.7 Å². The molecule has 0 saturated carbocycles. The molecule has 1 aliphatic rings. The Labute approximate surface area is 123 Å². The van der Waals surface area contributed by atoms with Gasteiger partial charge in [-0.3, -0.25) is 4.79 Å². The second-order valence-electron chi connectivity index (χ2n) is 5.52. The molecule has 1 saturated heterocycles. The van der Waals surface area contributed by atoms with Crippen LogP contribution in [0.25, 0.3) is 0 Å². The van der Waals surface area contributed by atoms with Gasteiger partial charge < -0.3 is 4.90 Å². The summed E-state index contributed by atoms with van der Waals surface area (Å²) in [5.41, 5.74) is 0.850. The van der Waals surface area contributed by atoms with Crippen molar-refractivity contribution in [2.75, 3.05) is 13.1 Å². The van der Waals surface area contributed by atoms with E-state index in [4.69, 9.17) is 0 Å². The largest absolute Gasteiger partial charge is 0.338 e. The average molecular weight is 357 g/mol. The van der Waals surface area contributed by atoms with E-state index in [9.17, 15) is 4.79 Å². The summed E-state index contributed by atoms with van der Waals surface area (Å²) in [6.07, 6.45) is 2.39. The molecule has 18 heavy (non-hydrogen) atoms. The highest BCUT2D eigenvalue weighted by molar-refractivity contribution is 14.1. The lowest BCUT2D eigenvalue weighted by molar-refractivity contribution is 0.0784. The van der Waals surface area contributed by atoms with Gasteiger partial charge in [-0.1, -0.05) is 26.0 Å². The van der Waals surface area contributed by atoms with Gasteiger partial charge in [0, 0.05) is 16.7 Å². The zero-order valence-corrected chi connectivity index (χ0v) is 13.2. The molecule has 0 bridgehead atoms. The predicted octanol–water partition coefficient (Wildman–Crippen LogP) is 3.80. The lowest BCUT2D eigenvalue weighted by Gasteiger charge is -2.18. The van der Waals surface area contributed by atoms with E-state index >= 15 is 0 Å². The van der Waals surface area contributed by atoms with Crippen molar-refractivity contribution >= 4 is 28.5 Å². The van der Waals surface area contributed by atoms with E-state index in [2.05, 4.69) is 36.4 Å². The lowest BCUT2D eigenvalue weighted by Crippen LogP contribution is -2.29. The highest BCUT2D eigenvalue weighted by atomic mass is 127. The predicted molar refractivity (Wildman–Crippen MR) is 82.6 cm³/mol. The van der Waals surface area contributed by atoms with Crippen molar-refractivity contribution in [3.63, 3.8) is 0 Å². The molecular weight excluding hydrogens is 337 g/mol. The van der Waals surface area contributed by atoms with Gasteiger partial charge in [-0.25, -0.2) is 0 Å². The molecular formula is C15H20INO. The third-order valence-corrected chi connectivity index (χ3v) is 4.42. The van der Waals surface area contributed by atoms with Crippen LogP contribution in [0.2, 0.25) is 0 Å². The van der Waals surface area contributed by atoms with E-state index < -0.39 is 0 Å². The Kier molecular flexibility index (Phi) is 4.65. The molecule has 3 heteroatoms. The van der Waals surface area contributed by atoms with E-state index in [1.54, 1.807) is 0 Å². The number of rotatable bonds is 3. The Balaban J connectivity index is 2.02. The minimum Gasteiger partial charge on any atom is -0.338 e. The Morgan fingerprint density at radius 3 is 2.83 bits per heavy atom. The number of nitrogens with zero attached hydrogens (tertiary/aromatic N) is 1. The standard InChI is InChI=1S/C15H20INO/c1-11(2)9-12-7-8-17(10-12)15(18)13-5-3-4-6-14(13)16/h3-6,11-12H,7-10H2,1-2H3/t12-/m1/s1. The minimum atomic E-state index is 0.200. The summed E-state index contributed by atoms with van der Waals surface area (Å²) in [4.78, 5) is 14.4. The summed E-state index contributed by atoms with van der Waals surface area (Å²) in [6.45, 7) is 6.36. The molecule has 0 spiro atoms. The van der Waals surface area contributed by atoms with Gasteiger partial charge >= 0.3 is 0 Å². The normalized spacial score (nSPS) is 19.6. The molecule has 0 unspecified atom stereocenters. The Morgan fingerprint density at radius 1 is 1.44 bits per heavy atom. The number of carbonyl (C=O) groups excluding carboxylic acids is 1. The monoisotopic (exact) mass is 357 g/mol. The van der Waals surface area contributed by atoms with Crippen LogP contribution in [0.4, 0.5) is 0 Å². The summed E-state index contributed by atoms with van der Waals surface area (Å²) in [7, 11) is 0. The van der Waals surface area contributed by atoms with Crippen LogP contribution >= 0.6 is 22.6 Å². The zero-order chi connectivity index (χ0) is 13.1. The van der Waals surface area contributed by atoms with Gasteiger partial charge in [0.05, 0.1) is 5.56 Å². The van der Waals surface area contributed by atoms with Crippen molar-refractivity contribution in [1.29, 1.82) is 0 Å². The van der Waals surface area contributed by atoms with E-state index in [0.29, 0.717) is 5.92 Å². The Bertz CT molecular complexity index is 430. The van der Waals surface area contributed by atoms with Gasteiger partial charge in [-0.05, 0) is 59.4 Å². The van der Waals surface area contributed by atoms with Crippen LogP contribution in [0, 0.1) is 15.4 Å². The summed E-state index contributed by atoms with van der Waals surface area (Å²) >= 11 is 2.24. The number of halogens is 1. The van der Waals surface area contributed by atoms with Gasteiger partial charge in [0.25, 0.3) is 5.91 Å². The third kappa shape index (κ3) is 3.25. The van der Waals surface area contributed by atoms with E-state index in [1.807, 2.05) is 29.2 Å². The number of amides is 1. The number of likely N-dealkylation sites (tertiary alicyclic amines) is 1. The van der Waals surface area contributed by atoms with Crippen LogP contribution in [-0.2, 0) is 0 Å². The van der Waals surface area contributed by atoms with Crippen LogP contribution in [0.5, 0.6) is 0 Å². The molecule has 1 amide bonds. The fraction of sp³-hybridized carbons (Fsp3) is 0.533. The third-order valence-electron chi connectivity index (χ3n) is 3.48. The van der Waals surface area contributed by atoms with Crippen molar-refractivity contribution in [1.82, 2.24) is 4.90 Å². The molecule has 1 aromatic rings. The van der Waals surface area contributed by atoms with Crippen LogP contribution in [0.1, 0.15) is 37.0 Å². The molecule has 0 N–H and O–H groups in total. The lowest BCUT2D eigenvalue weighted by atomic mass is 9.97. The Hall–Kier alpha value is -0.580. The molecule has 0 radical (unpaired) electrons. The molecule has 2 nitrogen and oxygen atoms in total. The summed E-state index contributed by atoms with van der Waals surface area (Å²) in [6, 6.07) is 7.84. The molecule has 98 valence electrons. The maximum atomic E-state index is 12.4. The molecule has 1 atom stereocenters. The van der Waals surface area contributed by atoms with E-state index in [1.165, 1.54) is 6.42 Å². The first-order chi connectivity index (χ1) is 8.58. The molecule has 0 aromatic heterocycles. The fourth-order valence-corrected chi connectivity index (χ4v) is 3.30. The molecule has 1 fully saturated rings. The van der Waals surface area contributed by atoms with Crippen molar-refractivity contribution in [2.24, 2.45) is 11.8 Å². The topological polar surface area (TPSA) is 20.3 Å². The quantitative estimate of drug-likeness (QED) is 0.754. The molecule has 1 aliphatic heterocycles. The van der Waals surface area contributed by atoms with Crippen LogP contribution in [0.3, 0.4) is 0 Å². The summed E-state index contributed by atoms with van der Waals surface area (Å²) < 4.78 is 1.05. The van der Waals surface area contributed by atoms with E-state index in [-0.39, 0.29) is 5.91 Å². The fourth-order valence-electron chi connectivity index (χ4n) is 2.68. The number of hydrogen-bond acceptors (Lipinski definition) is 1. The second-order valence-corrected chi connectivity index (χ2v) is 6.68. The molecule has 0 aliphatic carbocycles. The van der Waals surface area contributed by atoms with Crippen LogP contribution in [-0.4, -0.2) is 23.9 Å². The minimum absolute atomic E-state index is 0.200. The Morgan fingerprint density at radius 2 is 2.17 bits per heavy atom. The van der Waals surface area contributed by atoms with Crippen molar-refractivity contribution in [3.8, 4) is 0 Å².